The van der Waals surface area contributed by atoms with Crippen molar-refractivity contribution in [3.05, 3.63) is 59.2 Å². The minimum absolute atomic E-state index is 0.120. The van der Waals surface area contributed by atoms with E-state index in [2.05, 4.69) is 52.8 Å². The number of pyridine rings is 1. The highest BCUT2D eigenvalue weighted by molar-refractivity contribution is 8.00. The van der Waals surface area contributed by atoms with Gasteiger partial charge in [0, 0.05) is 5.39 Å². The molecule has 0 aliphatic rings. The summed E-state index contributed by atoms with van der Waals surface area (Å²) in [5.41, 5.74) is 6.05. The van der Waals surface area contributed by atoms with Gasteiger partial charge in [0.2, 0.25) is 5.91 Å². The standard InChI is InChI=1S/C23H24N4O2S/c1-13-10-15(3)21-17(11-13)14(2)12-20-25-26-23(27(20)21)30-16(4)22(28)24-18-8-6-7-9-19(18)29-5/h6-12,16H,1-5H3,(H,24,28). The van der Waals surface area contributed by atoms with E-state index in [-0.39, 0.29) is 11.2 Å². The monoisotopic (exact) mass is 420 g/mol. The maximum absolute atomic E-state index is 12.8. The summed E-state index contributed by atoms with van der Waals surface area (Å²) in [5, 5.41) is 13.2. The molecule has 6 nitrogen and oxygen atoms in total. The lowest BCUT2D eigenvalue weighted by Gasteiger charge is -2.15. The second-order valence-corrected chi connectivity index (χ2v) is 8.74. The first kappa shape index (κ1) is 20.2. The lowest BCUT2D eigenvalue weighted by atomic mass is 10.0. The van der Waals surface area contributed by atoms with Crippen LogP contribution in [-0.4, -0.2) is 32.9 Å². The molecule has 2 aromatic carbocycles. The number of carbonyl (C=O) groups excluding carboxylic acids is 1. The van der Waals surface area contributed by atoms with Crippen LogP contribution in [0, 0.1) is 20.8 Å². The predicted molar refractivity (Wildman–Crippen MR) is 122 cm³/mol. The van der Waals surface area contributed by atoms with Gasteiger partial charge in [-0.1, -0.05) is 35.5 Å². The second-order valence-electron chi connectivity index (χ2n) is 7.43. The zero-order valence-electron chi connectivity index (χ0n) is 17.7. The maximum Gasteiger partial charge on any atom is 0.237 e. The fourth-order valence-corrected chi connectivity index (χ4v) is 4.54. The predicted octanol–water partition coefficient (Wildman–Crippen LogP) is 4.94. The van der Waals surface area contributed by atoms with Crippen molar-refractivity contribution in [1.82, 2.24) is 14.6 Å². The number of amides is 1. The van der Waals surface area contributed by atoms with E-state index < -0.39 is 0 Å². The Balaban J connectivity index is 1.68. The third-order valence-corrected chi connectivity index (χ3v) is 6.16. The zero-order valence-corrected chi connectivity index (χ0v) is 18.5. The van der Waals surface area contributed by atoms with Gasteiger partial charge in [0.1, 0.15) is 5.75 Å². The Morgan fingerprint density at radius 1 is 1.10 bits per heavy atom. The van der Waals surface area contributed by atoms with E-state index >= 15 is 0 Å². The Kier molecular flexibility index (Phi) is 5.39. The fourth-order valence-electron chi connectivity index (χ4n) is 3.68. The van der Waals surface area contributed by atoms with Crippen LogP contribution < -0.4 is 10.1 Å². The lowest BCUT2D eigenvalue weighted by molar-refractivity contribution is -0.115. The van der Waals surface area contributed by atoms with Gasteiger partial charge in [-0.05, 0) is 63.1 Å². The van der Waals surface area contributed by atoms with Crippen LogP contribution in [0.4, 0.5) is 5.69 Å². The van der Waals surface area contributed by atoms with E-state index in [4.69, 9.17) is 4.74 Å². The molecule has 0 saturated heterocycles. The molecule has 2 aromatic heterocycles. The van der Waals surface area contributed by atoms with Gasteiger partial charge < -0.3 is 10.1 Å². The molecule has 0 aliphatic carbocycles. The number of carbonyl (C=O) groups is 1. The first-order valence-electron chi connectivity index (χ1n) is 9.75. The van der Waals surface area contributed by atoms with Crippen LogP contribution in [0.2, 0.25) is 0 Å². The number of para-hydroxylation sites is 2. The number of nitrogens with one attached hydrogen (secondary N) is 1. The number of methoxy groups -OCH3 is 1. The molecule has 4 aromatic rings. The second kappa shape index (κ2) is 7.99. The Morgan fingerprint density at radius 2 is 1.87 bits per heavy atom. The van der Waals surface area contributed by atoms with Crippen LogP contribution in [0.1, 0.15) is 23.6 Å². The number of aromatic nitrogens is 3. The molecule has 4 rings (SSSR count). The number of hydrogen-bond donors (Lipinski definition) is 1. The Labute approximate surface area is 179 Å². The van der Waals surface area contributed by atoms with E-state index in [0.29, 0.717) is 16.6 Å². The number of hydrogen-bond acceptors (Lipinski definition) is 5. The fraction of sp³-hybridized carbons (Fsp3) is 0.261. The summed E-state index contributed by atoms with van der Waals surface area (Å²) in [6.45, 7) is 8.15. The summed E-state index contributed by atoms with van der Waals surface area (Å²) in [7, 11) is 1.59. The van der Waals surface area contributed by atoms with Crippen molar-refractivity contribution < 1.29 is 9.53 Å². The quantitative estimate of drug-likeness (QED) is 0.463. The Bertz CT molecular complexity index is 1270. The third kappa shape index (κ3) is 3.61. The number of rotatable bonds is 5. The summed E-state index contributed by atoms with van der Waals surface area (Å²) in [6.07, 6.45) is 0. The van der Waals surface area contributed by atoms with E-state index in [1.165, 1.54) is 22.7 Å². The summed E-state index contributed by atoms with van der Waals surface area (Å²) in [6, 6.07) is 13.8. The zero-order chi connectivity index (χ0) is 21.4. The van der Waals surface area contributed by atoms with Crippen LogP contribution in [0.5, 0.6) is 5.75 Å². The summed E-state index contributed by atoms with van der Waals surface area (Å²) in [5.74, 6) is 0.508. The molecule has 0 bridgehead atoms. The largest absolute Gasteiger partial charge is 0.495 e. The molecule has 0 fully saturated rings. The van der Waals surface area contributed by atoms with E-state index in [1.807, 2.05) is 37.3 Å². The summed E-state index contributed by atoms with van der Waals surface area (Å²) >= 11 is 1.39. The van der Waals surface area contributed by atoms with Crippen LogP contribution in [0.3, 0.4) is 0 Å². The van der Waals surface area contributed by atoms with Crippen molar-refractivity contribution >= 4 is 39.9 Å². The Morgan fingerprint density at radius 3 is 2.63 bits per heavy atom. The molecular formula is C23H24N4O2S. The molecule has 1 N–H and O–H groups in total. The van der Waals surface area contributed by atoms with Gasteiger partial charge in [-0.2, -0.15) is 0 Å². The van der Waals surface area contributed by atoms with Crippen molar-refractivity contribution in [2.75, 3.05) is 12.4 Å². The number of benzene rings is 2. The number of aryl methyl sites for hydroxylation is 3. The van der Waals surface area contributed by atoms with Gasteiger partial charge in [0.15, 0.2) is 10.8 Å². The van der Waals surface area contributed by atoms with Gasteiger partial charge >= 0.3 is 0 Å². The first-order chi connectivity index (χ1) is 14.4. The molecule has 0 saturated carbocycles. The van der Waals surface area contributed by atoms with Crippen LogP contribution in [0.25, 0.3) is 16.6 Å². The molecule has 0 spiro atoms. The molecule has 30 heavy (non-hydrogen) atoms. The van der Waals surface area contributed by atoms with Gasteiger partial charge in [0.25, 0.3) is 0 Å². The van der Waals surface area contributed by atoms with Crippen LogP contribution >= 0.6 is 11.8 Å². The normalized spacial score (nSPS) is 12.3. The minimum atomic E-state index is -0.371. The maximum atomic E-state index is 12.8. The molecule has 1 unspecified atom stereocenters. The number of ether oxygens (including phenoxy) is 1. The Hall–Kier alpha value is -3.06. The number of thioether (sulfide) groups is 1. The van der Waals surface area contributed by atoms with Gasteiger partial charge in [-0.25, -0.2) is 0 Å². The molecule has 1 atom stereocenters. The van der Waals surface area contributed by atoms with Crippen molar-refractivity contribution in [2.24, 2.45) is 0 Å². The molecule has 154 valence electrons. The molecule has 0 aliphatic heterocycles. The SMILES string of the molecule is COc1ccccc1NC(=O)C(C)Sc1nnc2cc(C)c3cc(C)cc(C)c3n12. The van der Waals surface area contributed by atoms with Crippen molar-refractivity contribution in [1.29, 1.82) is 0 Å². The number of nitrogens with zero attached hydrogens (tertiary/aromatic N) is 3. The molecule has 7 heteroatoms. The summed E-state index contributed by atoms with van der Waals surface area (Å²) in [4.78, 5) is 12.8. The highest BCUT2D eigenvalue weighted by Gasteiger charge is 2.21. The van der Waals surface area contributed by atoms with Crippen LogP contribution in [0.15, 0.2) is 47.6 Å². The summed E-state index contributed by atoms with van der Waals surface area (Å²) < 4.78 is 7.37. The van der Waals surface area contributed by atoms with E-state index in [1.54, 1.807) is 7.11 Å². The van der Waals surface area contributed by atoms with Gasteiger partial charge in [-0.15, -0.1) is 10.2 Å². The van der Waals surface area contributed by atoms with Crippen molar-refractivity contribution in [3.63, 3.8) is 0 Å². The smallest absolute Gasteiger partial charge is 0.237 e. The average Bonchev–Trinajstić information content (AvgIpc) is 3.10. The van der Waals surface area contributed by atoms with E-state index in [9.17, 15) is 4.79 Å². The van der Waals surface area contributed by atoms with Crippen molar-refractivity contribution in [3.8, 4) is 5.75 Å². The molecule has 2 heterocycles. The number of anilines is 1. The van der Waals surface area contributed by atoms with Gasteiger partial charge in [0.05, 0.1) is 23.6 Å². The highest BCUT2D eigenvalue weighted by Crippen LogP contribution is 2.31. The van der Waals surface area contributed by atoms with E-state index in [0.717, 1.165) is 22.3 Å². The van der Waals surface area contributed by atoms with Gasteiger partial charge in [-0.3, -0.25) is 9.20 Å². The topological polar surface area (TPSA) is 68.5 Å². The van der Waals surface area contributed by atoms with Crippen molar-refractivity contribution in [2.45, 2.75) is 38.1 Å². The lowest BCUT2D eigenvalue weighted by Crippen LogP contribution is -2.23. The molecule has 0 radical (unpaired) electrons. The minimum Gasteiger partial charge on any atom is -0.495 e. The molecule has 1 amide bonds. The molecular weight excluding hydrogens is 396 g/mol. The highest BCUT2D eigenvalue weighted by atomic mass is 32.2. The third-order valence-electron chi connectivity index (χ3n) is 5.11. The van der Waals surface area contributed by atoms with Crippen LogP contribution in [-0.2, 0) is 4.79 Å². The number of fused-ring (bicyclic) bond motifs is 3. The average molecular weight is 421 g/mol. The first-order valence-corrected chi connectivity index (χ1v) is 10.6.